The molecule has 2 fully saturated rings. The molecule has 3 aliphatic heterocycles. The third-order valence-electron chi connectivity index (χ3n) is 7.97. The molecule has 4 atom stereocenters. The normalized spacial score (nSPS) is 26.1. The van der Waals surface area contributed by atoms with E-state index in [4.69, 9.17) is 9.47 Å². The SMILES string of the molecule is COc1cc([C@@H]2[C@@H]3CCCN3[C@]3(C(=O)Nc4ccccc43)[C@@H]2[N+](=O)[O-])ccc1OCc1ccc(Br)cc1. The molecule has 1 N–H and O–H groups in total. The maximum atomic E-state index is 13.6. The molecule has 6 rings (SSSR count). The molecular weight excluding hydrogens is 538 g/mol. The predicted octanol–water partition coefficient (Wildman–Crippen LogP) is 5.09. The molecule has 0 aliphatic carbocycles. The molecule has 0 saturated carbocycles. The topological polar surface area (TPSA) is 93.9 Å². The minimum atomic E-state index is -1.34. The summed E-state index contributed by atoms with van der Waals surface area (Å²) in [6.07, 6.45) is 1.67. The van der Waals surface area contributed by atoms with E-state index in [1.807, 2.05) is 66.7 Å². The zero-order chi connectivity index (χ0) is 25.7. The van der Waals surface area contributed by atoms with Gasteiger partial charge in [0.05, 0.1) is 13.0 Å². The highest BCUT2D eigenvalue weighted by Crippen LogP contribution is 2.58. The molecule has 3 aromatic rings. The van der Waals surface area contributed by atoms with Crippen LogP contribution < -0.4 is 14.8 Å². The van der Waals surface area contributed by atoms with E-state index in [2.05, 4.69) is 26.1 Å². The number of hydrogen-bond donors (Lipinski definition) is 1. The summed E-state index contributed by atoms with van der Waals surface area (Å²) in [7, 11) is 1.56. The number of para-hydroxylation sites is 1. The maximum absolute atomic E-state index is 13.6. The first-order valence-electron chi connectivity index (χ1n) is 12.3. The Morgan fingerprint density at radius 1 is 1.14 bits per heavy atom. The Morgan fingerprint density at radius 2 is 1.92 bits per heavy atom. The first-order valence-corrected chi connectivity index (χ1v) is 13.1. The standard InChI is InChI=1S/C28H26BrN3O5/c1-36-24-15-18(10-13-23(24)37-16-17-8-11-19(29)12-9-17)25-22-7-4-14-31(22)28(26(25)32(34)35)20-5-2-3-6-21(20)30-27(28)33/h2-3,5-6,8-13,15,22,25-26H,4,7,14,16H2,1H3,(H,30,33)/t22-,25+,26+,28-/m0/s1. The molecule has 1 amide bonds. The lowest BCUT2D eigenvalue weighted by Gasteiger charge is -2.32. The van der Waals surface area contributed by atoms with Gasteiger partial charge >= 0.3 is 0 Å². The van der Waals surface area contributed by atoms with Gasteiger partial charge in [0, 0.05) is 33.2 Å². The lowest BCUT2D eigenvalue weighted by atomic mass is 9.77. The summed E-state index contributed by atoms with van der Waals surface area (Å²) in [5.74, 6) is 0.278. The number of carbonyl (C=O) groups excluding carboxylic acids is 1. The number of hydrogen-bond acceptors (Lipinski definition) is 6. The molecule has 37 heavy (non-hydrogen) atoms. The van der Waals surface area contributed by atoms with Crippen molar-refractivity contribution in [2.75, 3.05) is 19.0 Å². The summed E-state index contributed by atoms with van der Waals surface area (Å²) >= 11 is 3.44. The van der Waals surface area contributed by atoms with Crippen LogP contribution in [-0.4, -0.2) is 41.5 Å². The van der Waals surface area contributed by atoms with Crippen molar-refractivity contribution in [3.63, 3.8) is 0 Å². The van der Waals surface area contributed by atoms with E-state index in [0.29, 0.717) is 35.9 Å². The Kier molecular flexibility index (Phi) is 5.92. The molecule has 9 heteroatoms. The van der Waals surface area contributed by atoms with Crippen LogP contribution in [0.25, 0.3) is 0 Å². The third kappa shape index (κ3) is 3.63. The Hall–Kier alpha value is -3.43. The number of fused-ring (bicyclic) bond motifs is 4. The molecule has 0 radical (unpaired) electrons. The molecule has 8 nitrogen and oxygen atoms in total. The van der Waals surface area contributed by atoms with Crippen LogP contribution >= 0.6 is 15.9 Å². The van der Waals surface area contributed by atoms with Crippen molar-refractivity contribution in [3.05, 3.63) is 98.0 Å². The van der Waals surface area contributed by atoms with Gasteiger partial charge < -0.3 is 14.8 Å². The second-order valence-electron chi connectivity index (χ2n) is 9.75. The average Bonchev–Trinajstić information content (AvgIpc) is 3.56. The highest BCUT2D eigenvalue weighted by atomic mass is 79.9. The number of ether oxygens (including phenoxy) is 2. The number of amides is 1. The Morgan fingerprint density at radius 3 is 2.68 bits per heavy atom. The number of nitro groups is 1. The lowest BCUT2D eigenvalue weighted by molar-refractivity contribution is -0.534. The summed E-state index contributed by atoms with van der Waals surface area (Å²) < 4.78 is 12.7. The number of methoxy groups -OCH3 is 1. The van der Waals surface area contributed by atoms with Crippen LogP contribution in [0.15, 0.2) is 71.2 Å². The zero-order valence-corrected chi connectivity index (χ0v) is 21.8. The number of rotatable bonds is 6. The summed E-state index contributed by atoms with van der Waals surface area (Å²) in [5, 5.41) is 15.7. The number of halogens is 1. The molecule has 3 heterocycles. The fraction of sp³-hybridized carbons (Fsp3) is 0.321. The van der Waals surface area contributed by atoms with Gasteiger partial charge in [0.15, 0.2) is 17.0 Å². The smallest absolute Gasteiger partial charge is 0.256 e. The minimum absolute atomic E-state index is 0.133. The molecule has 0 unspecified atom stereocenters. The van der Waals surface area contributed by atoms with Crippen molar-refractivity contribution in [1.82, 2.24) is 4.90 Å². The van der Waals surface area contributed by atoms with Crippen LogP contribution in [0.5, 0.6) is 11.5 Å². The van der Waals surface area contributed by atoms with Gasteiger partial charge in [0.1, 0.15) is 6.61 Å². The van der Waals surface area contributed by atoms with Crippen molar-refractivity contribution in [2.45, 2.75) is 43.0 Å². The first-order chi connectivity index (χ1) is 17.9. The molecule has 3 aromatic carbocycles. The second kappa shape index (κ2) is 9.15. The summed E-state index contributed by atoms with van der Waals surface area (Å²) in [6, 6.07) is 19.5. The van der Waals surface area contributed by atoms with Crippen molar-refractivity contribution >= 4 is 27.5 Å². The van der Waals surface area contributed by atoms with E-state index in [-0.39, 0.29) is 16.9 Å². The van der Waals surface area contributed by atoms with E-state index in [1.54, 1.807) is 7.11 Å². The minimum Gasteiger partial charge on any atom is -0.493 e. The van der Waals surface area contributed by atoms with Crippen LogP contribution in [0, 0.1) is 10.1 Å². The van der Waals surface area contributed by atoms with Crippen LogP contribution in [-0.2, 0) is 16.9 Å². The molecule has 3 aliphatic rings. The van der Waals surface area contributed by atoms with Gasteiger partial charge in [-0.1, -0.05) is 52.3 Å². The van der Waals surface area contributed by atoms with Crippen molar-refractivity contribution in [3.8, 4) is 11.5 Å². The number of benzene rings is 3. The number of anilines is 1. The van der Waals surface area contributed by atoms with Crippen molar-refractivity contribution < 1.29 is 19.2 Å². The van der Waals surface area contributed by atoms with Crippen molar-refractivity contribution in [2.24, 2.45) is 0 Å². The Balaban J connectivity index is 1.39. The number of carbonyl (C=O) groups is 1. The highest BCUT2D eigenvalue weighted by molar-refractivity contribution is 9.10. The predicted molar refractivity (Wildman–Crippen MR) is 141 cm³/mol. The maximum Gasteiger partial charge on any atom is 0.256 e. The monoisotopic (exact) mass is 563 g/mol. The summed E-state index contributed by atoms with van der Waals surface area (Å²) in [4.78, 5) is 28.2. The van der Waals surface area contributed by atoms with Crippen LogP contribution in [0.4, 0.5) is 5.69 Å². The van der Waals surface area contributed by atoms with Gasteiger partial charge in [-0.25, -0.2) is 0 Å². The van der Waals surface area contributed by atoms with Gasteiger partial charge in [-0.15, -0.1) is 0 Å². The summed E-state index contributed by atoms with van der Waals surface area (Å²) in [6.45, 7) is 0.999. The fourth-order valence-corrected chi connectivity index (χ4v) is 6.79. The first kappa shape index (κ1) is 23.9. The fourth-order valence-electron chi connectivity index (χ4n) is 6.53. The third-order valence-corrected chi connectivity index (χ3v) is 8.50. The van der Waals surface area contributed by atoms with Crippen LogP contribution in [0.3, 0.4) is 0 Å². The van der Waals surface area contributed by atoms with E-state index in [0.717, 1.165) is 28.4 Å². The summed E-state index contributed by atoms with van der Waals surface area (Å²) in [5.41, 5.74) is 1.79. The van der Waals surface area contributed by atoms with E-state index in [1.165, 1.54) is 0 Å². The highest BCUT2D eigenvalue weighted by Gasteiger charge is 2.73. The van der Waals surface area contributed by atoms with E-state index >= 15 is 0 Å². The average molecular weight is 564 g/mol. The lowest BCUT2D eigenvalue weighted by Crippen LogP contribution is -2.55. The molecule has 2 saturated heterocycles. The van der Waals surface area contributed by atoms with Gasteiger partial charge in [-0.05, 0) is 54.3 Å². The van der Waals surface area contributed by atoms with Crippen LogP contribution in [0.2, 0.25) is 0 Å². The zero-order valence-electron chi connectivity index (χ0n) is 20.2. The van der Waals surface area contributed by atoms with E-state index < -0.39 is 17.5 Å². The second-order valence-corrected chi connectivity index (χ2v) is 10.7. The van der Waals surface area contributed by atoms with Gasteiger partial charge in [-0.2, -0.15) is 0 Å². The quantitative estimate of drug-likeness (QED) is 0.331. The molecule has 1 spiro atoms. The Labute approximate surface area is 222 Å². The molecule has 0 bridgehead atoms. The number of nitrogens with one attached hydrogen (secondary N) is 1. The Bertz CT molecular complexity index is 1380. The molecule has 190 valence electrons. The molecule has 0 aromatic heterocycles. The largest absolute Gasteiger partial charge is 0.493 e. The van der Waals surface area contributed by atoms with E-state index in [9.17, 15) is 14.9 Å². The number of nitrogens with zero attached hydrogens (tertiary/aromatic N) is 2. The van der Waals surface area contributed by atoms with Gasteiger partial charge in [-0.3, -0.25) is 19.8 Å². The van der Waals surface area contributed by atoms with Crippen LogP contribution in [0.1, 0.15) is 35.4 Å². The van der Waals surface area contributed by atoms with Gasteiger partial charge in [0.25, 0.3) is 11.9 Å². The molecular formula is C28H26BrN3O5. The van der Waals surface area contributed by atoms with Crippen molar-refractivity contribution in [1.29, 1.82) is 0 Å². The van der Waals surface area contributed by atoms with Gasteiger partial charge in [0.2, 0.25) is 0 Å².